The zero-order valence-corrected chi connectivity index (χ0v) is 20.1. The summed E-state index contributed by atoms with van der Waals surface area (Å²) in [7, 11) is 0. The molecule has 180 valence electrons. The second kappa shape index (κ2) is 10.1. The van der Waals surface area contributed by atoms with Crippen LogP contribution in [0.4, 0.5) is 5.69 Å². The van der Waals surface area contributed by atoms with Crippen LogP contribution >= 0.6 is 0 Å². The van der Waals surface area contributed by atoms with Crippen LogP contribution in [0.1, 0.15) is 65.2 Å². The number of carbonyl (C=O) groups is 3. The first-order valence-corrected chi connectivity index (χ1v) is 12.6. The van der Waals surface area contributed by atoms with Gasteiger partial charge >= 0.3 is 0 Å². The number of benzene rings is 1. The molecule has 33 heavy (non-hydrogen) atoms. The van der Waals surface area contributed by atoms with Crippen LogP contribution < -0.4 is 10.2 Å². The van der Waals surface area contributed by atoms with Crippen molar-refractivity contribution >= 4 is 23.4 Å². The number of piperidine rings is 1. The summed E-state index contributed by atoms with van der Waals surface area (Å²) in [5.74, 6) is 0.800. The fourth-order valence-electron chi connectivity index (χ4n) is 5.77. The van der Waals surface area contributed by atoms with Gasteiger partial charge in [0.25, 0.3) is 5.91 Å². The van der Waals surface area contributed by atoms with E-state index < -0.39 is 5.54 Å². The topological polar surface area (TPSA) is 73.0 Å². The quantitative estimate of drug-likeness (QED) is 0.687. The summed E-state index contributed by atoms with van der Waals surface area (Å²) in [4.78, 5) is 44.7. The van der Waals surface area contributed by atoms with Gasteiger partial charge in [-0.25, -0.2) is 0 Å². The first-order valence-electron chi connectivity index (χ1n) is 12.6. The SMILES string of the molecule is CC(C)NC(=O)CN1CN(c2ccccc2)C2(CCN(C(=O)CCC3CCCC3)CC2)C1=O. The van der Waals surface area contributed by atoms with Gasteiger partial charge in [0.2, 0.25) is 11.8 Å². The van der Waals surface area contributed by atoms with Gasteiger partial charge in [-0.15, -0.1) is 0 Å². The second-order valence-corrected chi connectivity index (χ2v) is 10.2. The van der Waals surface area contributed by atoms with E-state index in [1.54, 1.807) is 4.90 Å². The summed E-state index contributed by atoms with van der Waals surface area (Å²) in [6.07, 6.45) is 7.93. The van der Waals surface area contributed by atoms with Gasteiger partial charge in [-0.05, 0) is 51.2 Å². The zero-order valence-electron chi connectivity index (χ0n) is 20.1. The lowest BCUT2D eigenvalue weighted by atomic mass is 9.85. The third kappa shape index (κ3) is 5.17. The lowest BCUT2D eigenvalue weighted by molar-refractivity contribution is -0.140. The predicted octanol–water partition coefficient (Wildman–Crippen LogP) is 3.15. The lowest BCUT2D eigenvalue weighted by Gasteiger charge is -2.43. The fourth-order valence-corrected chi connectivity index (χ4v) is 5.77. The van der Waals surface area contributed by atoms with E-state index in [0.29, 0.717) is 44.9 Å². The van der Waals surface area contributed by atoms with Crippen molar-refractivity contribution < 1.29 is 14.4 Å². The molecule has 1 aromatic carbocycles. The highest BCUT2D eigenvalue weighted by molar-refractivity contribution is 5.96. The first kappa shape index (κ1) is 23.6. The highest BCUT2D eigenvalue weighted by Crippen LogP contribution is 2.39. The van der Waals surface area contributed by atoms with Gasteiger partial charge in [0.05, 0.1) is 6.67 Å². The van der Waals surface area contributed by atoms with E-state index in [-0.39, 0.29) is 30.3 Å². The Labute approximate surface area is 197 Å². The van der Waals surface area contributed by atoms with E-state index in [4.69, 9.17) is 0 Å². The molecular formula is C26H38N4O3. The van der Waals surface area contributed by atoms with Gasteiger partial charge in [-0.1, -0.05) is 43.9 Å². The molecule has 2 saturated heterocycles. The molecular weight excluding hydrogens is 416 g/mol. The van der Waals surface area contributed by atoms with Crippen LogP contribution in [-0.2, 0) is 14.4 Å². The molecule has 0 bridgehead atoms. The minimum Gasteiger partial charge on any atom is -0.352 e. The predicted molar refractivity (Wildman–Crippen MR) is 129 cm³/mol. The minimum atomic E-state index is -0.693. The number of hydrogen-bond acceptors (Lipinski definition) is 4. The van der Waals surface area contributed by atoms with Crippen LogP contribution in [0.15, 0.2) is 30.3 Å². The molecule has 1 aromatic rings. The van der Waals surface area contributed by atoms with Gasteiger partial charge in [-0.3, -0.25) is 14.4 Å². The van der Waals surface area contributed by atoms with E-state index in [1.807, 2.05) is 49.1 Å². The van der Waals surface area contributed by atoms with Gasteiger partial charge in [0, 0.05) is 31.2 Å². The summed E-state index contributed by atoms with van der Waals surface area (Å²) in [6, 6.07) is 9.99. The molecule has 0 unspecified atom stereocenters. The summed E-state index contributed by atoms with van der Waals surface area (Å²) < 4.78 is 0. The highest BCUT2D eigenvalue weighted by atomic mass is 16.2. The molecule has 7 nitrogen and oxygen atoms in total. The van der Waals surface area contributed by atoms with E-state index in [1.165, 1.54) is 25.7 Å². The molecule has 1 spiro atoms. The van der Waals surface area contributed by atoms with Crippen LogP contribution in [0.3, 0.4) is 0 Å². The van der Waals surface area contributed by atoms with Gasteiger partial charge < -0.3 is 20.0 Å². The largest absolute Gasteiger partial charge is 0.352 e. The Balaban J connectivity index is 1.44. The molecule has 3 fully saturated rings. The number of carbonyl (C=O) groups excluding carboxylic acids is 3. The average Bonchev–Trinajstić information content (AvgIpc) is 3.41. The Hall–Kier alpha value is -2.57. The molecule has 4 rings (SSSR count). The Morgan fingerprint density at radius 2 is 1.76 bits per heavy atom. The van der Waals surface area contributed by atoms with Crippen molar-refractivity contribution in [1.29, 1.82) is 0 Å². The zero-order chi connectivity index (χ0) is 23.4. The van der Waals surface area contributed by atoms with Crippen molar-refractivity contribution in [3.63, 3.8) is 0 Å². The second-order valence-electron chi connectivity index (χ2n) is 10.2. The molecule has 7 heteroatoms. The smallest absolute Gasteiger partial charge is 0.250 e. The van der Waals surface area contributed by atoms with Crippen molar-refractivity contribution in [3.8, 4) is 0 Å². The monoisotopic (exact) mass is 454 g/mol. The molecule has 1 aliphatic carbocycles. The molecule has 0 aromatic heterocycles. The molecule has 0 atom stereocenters. The van der Waals surface area contributed by atoms with Crippen LogP contribution in [0.5, 0.6) is 0 Å². The highest BCUT2D eigenvalue weighted by Gasteiger charge is 2.54. The number of likely N-dealkylation sites (tertiary alicyclic amines) is 1. The Morgan fingerprint density at radius 1 is 1.09 bits per heavy atom. The standard InChI is InChI=1S/C26H38N4O3/c1-20(2)27-23(31)18-29-19-30(22-10-4-3-5-11-22)26(25(29)33)14-16-28(17-15-26)24(32)13-12-21-8-6-7-9-21/h3-5,10-11,20-21H,6-9,12-19H2,1-2H3,(H,27,31). The number of hydrogen-bond donors (Lipinski definition) is 1. The van der Waals surface area contributed by atoms with Crippen molar-refractivity contribution in [2.75, 3.05) is 31.2 Å². The maximum Gasteiger partial charge on any atom is 0.250 e. The molecule has 3 aliphatic rings. The summed E-state index contributed by atoms with van der Waals surface area (Å²) in [5, 5.41) is 2.89. The Morgan fingerprint density at radius 3 is 2.39 bits per heavy atom. The van der Waals surface area contributed by atoms with Crippen molar-refractivity contribution in [3.05, 3.63) is 30.3 Å². The van der Waals surface area contributed by atoms with Crippen LogP contribution in [0.2, 0.25) is 0 Å². The van der Waals surface area contributed by atoms with E-state index in [2.05, 4.69) is 10.2 Å². The number of anilines is 1. The molecule has 2 heterocycles. The first-order chi connectivity index (χ1) is 15.9. The molecule has 3 amide bonds. The minimum absolute atomic E-state index is 0.00307. The summed E-state index contributed by atoms with van der Waals surface area (Å²) in [5.41, 5.74) is 0.292. The normalized spacial score (nSPS) is 20.8. The number of nitrogens with zero attached hydrogens (tertiary/aromatic N) is 3. The van der Waals surface area contributed by atoms with Crippen molar-refractivity contribution in [1.82, 2.24) is 15.1 Å². The van der Waals surface area contributed by atoms with E-state index >= 15 is 0 Å². The lowest BCUT2D eigenvalue weighted by Crippen LogP contribution is -2.57. The number of para-hydroxylation sites is 1. The van der Waals surface area contributed by atoms with Gasteiger partial charge in [-0.2, -0.15) is 0 Å². The van der Waals surface area contributed by atoms with E-state index in [0.717, 1.165) is 12.1 Å². The fraction of sp³-hybridized carbons (Fsp3) is 0.654. The summed E-state index contributed by atoms with van der Waals surface area (Å²) in [6.45, 7) is 5.47. The molecule has 1 N–H and O–H groups in total. The average molecular weight is 455 g/mol. The maximum absolute atomic E-state index is 13.7. The molecule has 2 aliphatic heterocycles. The Kier molecular flexibility index (Phi) is 7.25. The van der Waals surface area contributed by atoms with Crippen molar-refractivity contribution in [2.45, 2.75) is 76.8 Å². The van der Waals surface area contributed by atoms with Crippen LogP contribution in [0, 0.1) is 5.92 Å². The van der Waals surface area contributed by atoms with Gasteiger partial charge in [0.1, 0.15) is 12.1 Å². The number of rotatable bonds is 7. The molecule has 0 radical (unpaired) electrons. The van der Waals surface area contributed by atoms with E-state index in [9.17, 15) is 14.4 Å². The van der Waals surface area contributed by atoms with Crippen molar-refractivity contribution in [2.24, 2.45) is 5.92 Å². The maximum atomic E-state index is 13.7. The third-order valence-electron chi connectivity index (χ3n) is 7.55. The number of amides is 3. The van der Waals surface area contributed by atoms with Crippen LogP contribution in [0.25, 0.3) is 0 Å². The third-order valence-corrected chi connectivity index (χ3v) is 7.55. The number of nitrogens with one attached hydrogen (secondary N) is 1. The van der Waals surface area contributed by atoms with Gasteiger partial charge in [0.15, 0.2) is 0 Å². The molecule has 1 saturated carbocycles. The Bertz CT molecular complexity index is 842. The van der Waals surface area contributed by atoms with Crippen LogP contribution in [-0.4, -0.2) is 65.4 Å². The summed E-state index contributed by atoms with van der Waals surface area (Å²) >= 11 is 0.